The summed E-state index contributed by atoms with van der Waals surface area (Å²) in [6.45, 7) is 12.4. The molecule has 0 bridgehead atoms. The molecule has 1 rings (SSSR count). The van der Waals surface area contributed by atoms with Gasteiger partial charge in [0.15, 0.2) is 8.32 Å². The van der Waals surface area contributed by atoms with Crippen molar-refractivity contribution in [3.63, 3.8) is 0 Å². The van der Waals surface area contributed by atoms with E-state index in [1.165, 1.54) is 0 Å². The zero-order chi connectivity index (χ0) is 12.4. The normalized spacial score (nSPS) is 21.8. The molecule has 1 heterocycles. The standard InChI is InChI=1S/C11H23NO3Si/c1-11(2,3)16(4,5)14-7-6-9-8-12-10(13)15-9/h9H,6-8H2,1-5H3,(H,12,13). The van der Waals surface area contributed by atoms with Crippen LogP contribution in [0.15, 0.2) is 0 Å². The van der Waals surface area contributed by atoms with Crippen molar-refractivity contribution in [1.29, 1.82) is 0 Å². The van der Waals surface area contributed by atoms with Gasteiger partial charge in [0.25, 0.3) is 0 Å². The van der Waals surface area contributed by atoms with Crippen molar-refractivity contribution in [2.75, 3.05) is 13.2 Å². The van der Waals surface area contributed by atoms with Crippen LogP contribution in [0, 0.1) is 0 Å². The smallest absolute Gasteiger partial charge is 0.407 e. The van der Waals surface area contributed by atoms with Crippen LogP contribution in [0.1, 0.15) is 27.2 Å². The van der Waals surface area contributed by atoms with E-state index in [0.717, 1.165) is 6.42 Å². The largest absolute Gasteiger partial charge is 0.444 e. The topological polar surface area (TPSA) is 47.6 Å². The van der Waals surface area contributed by atoms with Crippen molar-refractivity contribution >= 4 is 14.4 Å². The monoisotopic (exact) mass is 245 g/mol. The van der Waals surface area contributed by atoms with Crippen LogP contribution < -0.4 is 5.32 Å². The molecule has 94 valence electrons. The Bertz CT molecular complexity index is 260. The summed E-state index contributed by atoms with van der Waals surface area (Å²) >= 11 is 0. The third kappa shape index (κ3) is 3.49. The lowest BCUT2D eigenvalue weighted by molar-refractivity contribution is 0.122. The van der Waals surface area contributed by atoms with Gasteiger partial charge < -0.3 is 14.5 Å². The molecule has 1 amide bonds. The summed E-state index contributed by atoms with van der Waals surface area (Å²) in [6, 6.07) is 0. The second kappa shape index (κ2) is 4.75. The number of nitrogens with one attached hydrogen (secondary N) is 1. The van der Waals surface area contributed by atoms with Gasteiger partial charge in [-0.15, -0.1) is 0 Å². The van der Waals surface area contributed by atoms with E-state index in [1.54, 1.807) is 0 Å². The lowest BCUT2D eigenvalue weighted by Crippen LogP contribution is -2.41. The van der Waals surface area contributed by atoms with Gasteiger partial charge in [-0.05, 0) is 18.1 Å². The second-order valence-corrected chi connectivity index (χ2v) is 10.6. The van der Waals surface area contributed by atoms with Crippen LogP contribution in [0.5, 0.6) is 0 Å². The minimum atomic E-state index is -1.65. The molecule has 1 aliphatic rings. The zero-order valence-corrected chi connectivity index (χ0v) is 11.9. The van der Waals surface area contributed by atoms with Gasteiger partial charge in [0.1, 0.15) is 6.10 Å². The molecule has 0 aromatic heterocycles. The first-order chi connectivity index (χ1) is 7.22. The van der Waals surface area contributed by atoms with Crippen LogP contribution in [0.2, 0.25) is 18.1 Å². The van der Waals surface area contributed by atoms with Gasteiger partial charge in [0.2, 0.25) is 0 Å². The van der Waals surface area contributed by atoms with Crippen LogP contribution in [-0.2, 0) is 9.16 Å². The molecule has 0 aromatic carbocycles. The van der Waals surface area contributed by atoms with E-state index in [9.17, 15) is 4.79 Å². The zero-order valence-electron chi connectivity index (χ0n) is 10.9. The Labute approximate surface area is 98.8 Å². The lowest BCUT2D eigenvalue weighted by atomic mass is 10.2. The molecule has 16 heavy (non-hydrogen) atoms. The molecule has 1 unspecified atom stereocenters. The van der Waals surface area contributed by atoms with Gasteiger partial charge in [-0.25, -0.2) is 4.79 Å². The fourth-order valence-electron chi connectivity index (χ4n) is 1.25. The number of alkyl carbamates (subject to hydrolysis) is 1. The maximum absolute atomic E-state index is 10.8. The summed E-state index contributed by atoms with van der Waals surface area (Å²) in [7, 11) is -1.65. The van der Waals surface area contributed by atoms with Crippen molar-refractivity contribution in [3.05, 3.63) is 0 Å². The number of carbonyl (C=O) groups is 1. The Morgan fingerprint density at radius 2 is 2.12 bits per heavy atom. The van der Waals surface area contributed by atoms with Crippen LogP contribution in [0.25, 0.3) is 0 Å². The number of amides is 1. The van der Waals surface area contributed by atoms with E-state index >= 15 is 0 Å². The Balaban J connectivity index is 2.27. The summed E-state index contributed by atoms with van der Waals surface area (Å²) in [5.74, 6) is 0. The van der Waals surface area contributed by atoms with Gasteiger partial charge in [0, 0.05) is 13.0 Å². The van der Waals surface area contributed by atoms with Crippen molar-refractivity contribution in [1.82, 2.24) is 5.32 Å². The van der Waals surface area contributed by atoms with Crippen LogP contribution >= 0.6 is 0 Å². The minimum Gasteiger partial charge on any atom is -0.444 e. The minimum absolute atomic E-state index is 0.0164. The molecule has 1 fully saturated rings. The van der Waals surface area contributed by atoms with E-state index in [4.69, 9.17) is 9.16 Å². The highest BCUT2D eigenvalue weighted by molar-refractivity contribution is 6.74. The predicted octanol–water partition coefficient (Wildman–Crippen LogP) is 2.51. The number of carbonyl (C=O) groups excluding carboxylic acids is 1. The molecule has 1 atom stereocenters. The maximum Gasteiger partial charge on any atom is 0.407 e. The summed E-state index contributed by atoms with van der Waals surface area (Å²) in [5.41, 5.74) is 0. The molecule has 0 radical (unpaired) electrons. The van der Waals surface area contributed by atoms with Gasteiger partial charge in [0.05, 0.1) is 6.54 Å². The molecular formula is C11H23NO3Si. The summed E-state index contributed by atoms with van der Waals surface area (Å²) in [6.07, 6.45) is 0.459. The molecule has 1 N–H and O–H groups in total. The molecule has 4 nitrogen and oxygen atoms in total. The van der Waals surface area contributed by atoms with Gasteiger partial charge in [-0.1, -0.05) is 20.8 Å². The average molecular weight is 245 g/mol. The summed E-state index contributed by atoms with van der Waals surface area (Å²) in [4.78, 5) is 10.8. The number of cyclic esters (lactones) is 1. The number of ether oxygens (including phenoxy) is 1. The van der Waals surface area contributed by atoms with Crippen molar-refractivity contribution < 1.29 is 14.0 Å². The Kier molecular flexibility index (Phi) is 4.01. The summed E-state index contributed by atoms with van der Waals surface area (Å²) in [5, 5.41) is 2.88. The fraction of sp³-hybridized carbons (Fsp3) is 0.909. The maximum atomic E-state index is 10.8. The predicted molar refractivity (Wildman–Crippen MR) is 66.0 cm³/mol. The van der Waals surface area contributed by atoms with E-state index in [-0.39, 0.29) is 17.2 Å². The van der Waals surface area contributed by atoms with Crippen LogP contribution in [0.4, 0.5) is 4.79 Å². The van der Waals surface area contributed by atoms with Crippen molar-refractivity contribution in [3.8, 4) is 0 Å². The quantitative estimate of drug-likeness (QED) is 0.774. The second-order valence-electron chi connectivity index (χ2n) is 5.81. The highest BCUT2D eigenvalue weighted by atomic mass is 28.4. The van der Waals surface area contributed by atoms with E-state index in [2.05, 4.69) is 39.2 Å². The Morgan fingerprint density at radius 1 is 1.50 bits per heavy atom. The molecule has 1 saturated heterocycles. The van der Waals surface area contributed by atoms with Gasteiger partial charge in [-0.3, -0.25) is 0 Å². The van der Waals surface area contributed by atoms with E-state index in [0.29, 0.717) is 13.2 Å². The first kappa shape index (κ1) is 13.5. The van der Waals surface area contributed by atoms with Crippen LogP contribution in [-0.4, -0.2) is 33.7 Å². The fourth-order valence-corrected chi connectivity index (χ4v) is 2.32. The first-order valence-corrected chi connectivity index (χ1v) is 8.72. The van der Waals surface area contributed by atoms with E-state index < -0.39 is 8.32 Å². The molecule has 0 aromatic rings. The highest BCUT2D eigenvalue weighted by Gasteiger charge is 2.37. The number of hydrogen-bond donors (Lipinski definition) is 1. The molecule has 0 aliphatic carbocycles. The Hall–Kier alpha value is -0.553. The summed E-state index contributed by atoms with van der Waals surface area (Å²) < 4.78 is 11.1. The van der Waals surface area contributed by atoms with Gasteiger partial charge >= 0.3 is 6.09 Å². The number of hydrogen-bond acceptors (Lipinski definition) is 3. The lowest BCUT2D eigenvalue weighted by Gasteiger charge is -2.36. The highest BCUT2D eigenvalue weighted by Crippen LogP contribution is 2.36. The third-order valence-corrected chi connectivity index (χ3v) is 7.99. The molecule has 1 aliphatic heterocycles. The Morgan fingerprint density at radius 3 is 2.56 bits per heavy atom. The van der Waals surface area contributed by atoms with Gasteiger partial charge in [-0.2, -0.15) is 0 Å². The molecule has 0 spiro atoms. The van der Waals surface area contributed by atoms with Crippen molar-refractivity contribution in [2.45, 2.75) is 51.4 Å². The molecule has 5 heteroatoms. The molecular weight excluding hydrogens is 222 g/mol. The molecule has 0 saturated carbocycles. The number of rotatable bonds is 4. The van der Waals surface area contributed by atoms with Crippen LogP contribution in [0.3, 0.4) is 0 Å². The third-order valence-electron chi connectivity index (χ3n) is 3.46. The van der Waals surface area contributed by atoms with Crippen molar-refractivity contribution in [2.24, 2.45) is 0 Å². The van der Waals surface area contributed by atoms with E-state index in [1.807, 2.05) is 0 Å². The average Bonchev–Trinajstić information content (AvgIpc) is 2.49. The SMILES string of the molecule is CC(C)(C)[Si](C)(C)OCCC1CNC(=O)O1. The first-order valence-electron chi connectivity index (χ1n) is 5.81.